The van der Waals surface area contributed by atoms with Crippen LogP contribution in [0.5, 0.6) is 0 Å². The fraction of sp³-hybridized carbons (Fsp3) is 0.972. The lowest BCUT2D eigenvalue weighted by molar-refractivity contribution is -0.336. The number of carboxylic acids is 2. The van der Waals surface area contributed by atoms with Gasteiger partial charge in [0, 0.05) is 75.4 Å². The Morgan fingerprint density at radius 3 is 1.17 bits per heavy atom. The summed E-state index contributed by atoms with van der Waals surface area (Å²) in [4.78, 5) is 23.7. The average molecular weight is 1340 g/mol. The smallest absolute Gasteiger partial charge is 0.308 e. The van der Waals surface area contributed by atoms with Gasteiger partial charge in [-0.25, -0.2) is 0 Å². The molecule has 0 radical (unpaired) electrons. The molecule has 2 spiro atoms. The van der Waals surface area contributed by atoms with Gasteiger partial charge in [0.25, 0.3) is 0 Å². The van der Waals surface area contributed by atoms with Gasteiger partial charge in [-0.15, -0.1) is 0 Å². The van der Waals surface area contributed by atoms with E-state index < -0.39 is 119 Å². The Labute approximate surface area is 560 Å². The maximum absolute atomic E-state index is 11.8. The zero-order chi connectivity index (χ0) is 69.4. The number of carboxylic acid groups (broad SMARTS) is 2. The van der Waals surface area contributed by atoms with E-state index >= 15 is 0 Å². The maximum atomic E-state index is 11.8. The molecule has 34 atom stereocenters. The molecule has 8 N–H and O–H groups in total. The first-order valence-electron chi connectivity index (χ1n) is 36.3. The molecule has 544 valence electrons. The zero-order valence-corrected chi connectivity index (χ0v) is 60.0. The minimum absolute atomic E-state index is 0.153. The first-order chi connectivity index (χ1) is 43.9. The molecule has 10 aliphatic rings. The molecule has 0 saturated carbocycles. The van der Waals surface area contributed by atoms with Crippen molar-refractivity contribution in [3.05, 3.63) is 0 Å². The van der Waals surface area contributed by atoms with Gasteiger partial charge in [-0.2, -0.15) is 0 Å². The number of methoxy groups -OCH3 is 2. The third-order valence-corrected chi connectivity index (χ3v) is 26.1. The quantitative estimate of drug-likeness (QED) is 0.0566. The normalized spacial score (nSPS) is 50.9. The molecule has 34 unspecified atom stereocenters. The number of aliphatic hydroxyl groups excluding tert-OH is 4. The second-order valence-electron chi connectivity index (χ2n) is 32.6. The third kappa shape index (κ3) is 14.3. The van der Waals surface area contributed by atoms with E-state index in [0.717, 1.165) is 64.2 Å². The molecule has 0 aromatic heterocycles. The Hall–Kier alpha value is -1.78. The second kappa shape index (κ2) is 28.9. The van der Waals surface area contributed by atoms with Gasteiger partial charge in [-0.05, 0) is 128 Å². The van der Waals surface area contributed by atoms with Crippen LogP contribution in [0, 0.1) is 71.0 Å². The Balaban J connectivity index is 0.000000221. The summed E-state index contributed by atoms with van der Waals surface area (Å²) in [5.41, 5.74) is -2.29. The molecule has 0 aromatic rings. The summed E-state index contributed by atoms with van der Waals surface area (Å²) in [7, 11) is 3.05. The highest BCUT2D eigenvalue weighted by Gasteiger charge is 2.65. The van der Waals surface area contributed by atoms with E-state index in [1.165, 1.54) is 14.2 Å². The standard InChI is InChI=1S/2C36H62O11/c2*1-10-34(31-20(3)16-26(43-31)28-19(2)15-21(4)36(41,18-37)46-28)12-11-27(44-34)33(8)13-14-35(47-33)17-25(38)22(5)30(45-35)23(6)29(42-9)24(7)32(39)40/h2*19-31,37-38,41H,10-18H2,1-9H3,(H,39,40). The number of carbonyl (C=O) groups is 2. The van der Waals surface area contributed by atoms with Gasteiger partial charge >= 0.3 is 11.9 Å². The van der Waals surface area contributed by atoms with Crippen LogP contribution in [0.1, 0.15) is 214 Å². The van der Waals surface area contributed by atoms with Crippen LogP contribution in [0.2, 0.25) is 0 Å². The largest absolute Gasteiger partial charge is 0.481 e. The van der Waals surface area contributed by atoms with Gasteiger partial charge in [0.15, 0.2) is 23.1 Å². The van der Waals surface area contributed by atoms with Gasteiger partial charge in [0.1, 0.15) is 0 Å². The van der Waals surface area contributed by atoms with E-state index in [4.69, 9.17) is 56.8 Å². The van der Waals surface area contributed by atoms with Crippen LogP contribution in [0.3, 0.4) is 0 Å². The molecular weight excluding hydrogens is 1220 g/mol. The summed E-state index contributed by atoms with van der Waals surface area (Å²) >= 11 is 0. The number of hydrogen-bond acceptors (Lipinski definition) is 20. The minimum Gasteiger partial charge on any atom is -0.481 e. The first kappa shape index (κ1) is 76.4. The van der Waals surface area contributed by atoms with Crippen molar-refractivity contribution in [2.45, 2.75) is 345 Å². The summed E-state index contributed by atoms with van der Waals surface area (Å²) < 4.78 is 78.8. The van der Waals surface area contributed by atoms with Crippen LogP contribution in [0.25, 0.3) is 0 Å². The van der Waals surface area contributed by atoms with Gasteiger partial charge in [-0.1, -0.05) is 83.1 Å². The van der Waals surface area contributed by atoms with Crippen molar-refractivity contribution in [3.8, 4) is 0 Å². The molecule has 0 aromatic carbocycles. The van der Waals surface area contributed by atoms with Crippen LogP contribution in [-0.2, 0) is 66.4 Å². The van der Waals surface area contributed by atoms with Gasteiger partial charge in [-0.3, -0.25) is 9.59 Å². The van der Waals surface area contributed by atoms with Crippen LogP contribution >= 0.6 is 0 Å². The lowest BCUT2D eigenvalue weighted by Crippen LogP contribution is -2.57. The number of aliphatic hydroxyl groups is 6. The Bertz CT molecular complexity index is 2380. The molecule has 22 heteroatoms. The zero-order valence-electron chi connectivity index (χ0n) is 60.0. The second-order valence-corrected chi connectivity index (χ2v) is 32.6. The van der Waals surface area contributed by atoms with Crippen LogP contribution in [-0.4, -0.2) is 211 Å². The maximum Gasteiger partial charge on any atom is 0.308 e. The first-order valence-corrected chi connectivity index (χ1v) is 36.3. The monoisotopic (exact) mass is 1340 g/mol. The van der Waals surface area contributed by atoms with Crippen molar-refractivity contribution in [3.63, 3.8) is 0 Å². The van der Waals surface area contributed by atoms with E-state index in [1.807, 2.05) is 41.5 Å². The highest BCUT2D eigenvalue weighted by atomic mass is 16.7. The Kier molecular flexibility index (Phi) is 23.5. The fourth-order valence-electron chi connectivity index (χ4n) is 19.8. The molecule has 0 amide bonds. The number of hydrogen-bond donors (Lipinski definition) is 8. The molecule has 10 saturated heterocycles. The van der Waals surface area contributed by atoms with Gasteiger partial charge < -0.3 is 97.7 Å². The highest BCUT2D eigenvalue weighted by Crippen LogP contribution is 2.58. The van der Waals surface area contributed by atoms with Crippen LogP contribution in [0.4, 0.5) is 0 Å². The fourth-order valence-corrected chi connectivity index (χ4v) is 19.8. The third-order valence-electron chi connectivity index (χ3n) is 26.1. The molecule has 10 fully saturated rings. The lowest BCUT2D eigenvalue weighted by atomic mass is 9.78. The highest BCUT2D eigenvalue weighted by molar-refractivity contribution is 5.70. The van der Waals surface area contributed by atoms with Crippen molar-refractivity contribution in [1.29, 1.82) is 0 Å². The summed E-state index contributed by atoms with van der Waals surface area (Å²) in [6.45, 7) is 31.1. The van der Waals surface area contributed by atoms with Crippen LogP contribution in [0.15, 0.2) is 0 Å². The van der Waals surface area contributed by atoms with Gasteiger partial charge in [0.05, 0.1) is 133 Å². The van der Waals surface area contributed by atoms with Crippen molar-refractivity contribution in [2.75, 3.05) is 27.4 Å². The predicted molar refractivity (Wildman–Crippen MR) is 345 cm³/mol. The summed E-state index contributed by atoms with van der Waals surface area (Å²) in [5.74, 6) is -9.05. The van der Waals surface area contributed by atoms with E-state index in [1.54, 1.807) is 13.8 Å². The summed E-state index contributed by atoms with van der Waals surface area (Å²) in [5, 5.41) is 83.7. The topological polar surface area (TPSA) is 307 Å². The number of rotatable bonds is 20. The number of aliphatic carboxylic acids is 2. The molecule has 0 aliphatic carbocycles. The lowest BCUT2D eigenvalue weighted by Gasteiger charge is -2.49. The van der Waals surface area contributed by atoms with E-state index in [0.29, 0.717) is 38.5 Å². The Morgan fingerprint density at radius 2 is 0.862 bits per heavy atom. The van der Waals surface area contributed by atoms with E-state index in [-0.39, 0.29) is 108 Å². The molecule has 0 bridgehead atoms. The van der Waals surface area contributed by atoms with Crippen LogP contribution < -0.4 is 0 Å². The molecule has 10 rings (SSSR count). The number of ether oxygens (including phenoxy) is 12. The molecule has 22 nitrogen and oxygen atoms in total. The van der Waals surface area contributed by atoms with Crippen molar-refractivity contribution in [2.24, 2.45) is 71.0 Å². The summed E-state index contributed by atoms with van der Waals surface area (Å²) in [6, 6.07) is 0. The molecular formula is C72H124O22. The predicted octanol–water partition coefficient (Wildman–Crippen LogP) is 8.55. The Morgan fingerprint density at radius 1 is 0.511 bits per heavy atom. The van der Waals surface area contributed by atoms with E-state index in [2.05, 4.69) is 55.4 Å². The van der Waals surface area contributed by atoms with E-state index in [9.17, 15) is 50.4 Å². The minimum atomic E-state index is -1.56. The SMILES string of the molecule is CCC1(C2OC(C3OC(O)(CO)C(C)CC3C)CC2C)CCC(C2(C)CCC3(CC(O)C(C)C(C(C)C(OC)C(C)C(=O)O)O3)O2)O1.CCC1(C2OC(C3OC(O)(CO)C(C)CC3C)CC2C)CCC(C2(C)CCC3(CC(O)C(C)C(C(C)C(OC)C(C)C(=O)O)O3)O2)O1. The average Bonchev–Trinajstić information content (AvgIpc) is 1.57. The summed E-state index contributed by atoms with van der Waals surface area (Å²) in [6.07, 6.45) is 5.99. The van der Waals surface area contributed by atoms with Crippen molar-refractivity contribution in [1.82, 2.24) is 0 Å². The van der Waals surface area contributed by atoms with Gasteiger partial charge in [0.2, 0.25) is 0 Å². The molecule has 10 aliphatic heterocycles. The van der Waals surface area contributed by atoms with Crippen molar-refractivity contribution < 1.29 is 107 Å². The molecule has 10 heterocycles. The molecule has 94 heavy (non-hydrogen) atoms. The van der Waals surface area contributed by atoms with Crippen molar-refractivity contribution >= 4 is 11.9 Å².